The van der Waals surface area contributed by atoms with Crippen LogP contribution in [0.2, 0.25) is 0 Å². The lowest BCUT2D eigenvalue weighted by atomic mass is 10.1. The van der Waals surface area contributed by atoms with Crippen LogP contribution < -0.4 is 4.74 Å². The molecule has 0 N–H and O–H groups in total. The Morgan fingerprint density at radius 3 is 2.44 bits per heavy atom. The smallest absolute Gasteiger partial charge is 0.338 e. The van der Waals surface area contributed by atoms with Crippen LogP contribution in [0.15, 0.2) is 42.5 Å². The molecule has 0 spiro atoms. The molecule has 132 valence electrons. The van der Waals surface area contributed by atoms with Gasteiger partial charge in [0, 0.05) is 24.3 Å². The molecule has 0 aliphatic rings. The molecule has 0 aliphatic carbocycles. The second-order valence-corrected chi connectivity index (χ2v) is 5.16. The van der Waals surface area contributed by atoms with E-state index in [1.165, 1.54) is 12.1 Å². The molecule has 0 heterocycles. The van der Waals surface area contributed by atoms with E-state index in [0.29, 0.717) is 30.1 Å². The van der Waals surface area contributed by atoms with Crippen LogP contribution in [0.4, 0.5) is 5.69 Å². The van der Waals surface area contributed by atoms with Crippen molar-refractivity contribution >= 4 is 11.7 Å². The van der Waals surface area contributed by atoms with Crippen LogP contribution in [0.25, 0.3) is 0 Å². The van der Waals surface area contributed by atoms with E-state index < -0.39 is 10.9 Å². The molecule has 0 aliphatic heterocycles. The minimum atomic E-state index is -0.487. The summed E-state index contributed by atoms with van der Waals surface area (Å²) in [5.74, 6) is 0.152. The van der Waals surface area contributed by atoms with Crippen LogP contribution >= 0.6 is 0 Å². The summed E-state index contributed by atoms with van der Waals surface area (Å²) in [6.07, 6.45) is 0. The van der Waals surface area contributed by atoms with Crippen molar-refractivity contribution in [3.8, 4) is 5.75 Å². The molecule has 0 saturated carbocycles. The lowest BCUT2D eigenvalue weighted by Gasteiger charge is -2.11. The molecule has 0 aromatic heterocycles. The molecular formula is C18H19NO6. The number of methoxy groups -OCH3 is 1. The van der Waals surface area contributed by atoms with Gasteiger partial charge in [0.25, 0.3) is 5.69 Å². The van der Waals surface area contributed by atoms with Gasteiger partial charge >= 0.3 is 5.97 Å². The van der Waals surface area contributed by atoms with E-state index in [0.717, 1.165) is 5.56 Å². The van der Waals surface area contributed by atoms with Crippen LogP contribution in [0, 0.1) is 10.1 Å². The molecule has 7 nitrogen and oxygen atoms in total. The van der Waals surface area contributed by atoms with Crippen molar-refractivity contribution in [1.29, 1.82) is 0 Å². The Hall–Kier alpha value is -2.93. The minimum absolute atomic E-state index is 0.00852. The van der Waals surface area contributed by atoms with Gasteiger partial charge in [-0.05, 0) is 42.8 Å². The van der Waals surface area contributed by atoms with Gasteiger partial charge in [-0.3, -0.25) is 10.1 Å². The van der Waals surface area contributed by atoms with Crippen molar-refractivity contribution in [1.82, 2.24) is 0 Å². The highest BCUT2D eigenvalue weighted by Gasteiger charge is 2.12. The minimum Gasteiger partial charge on any atom is -0.496 e. The van der Waals surface area contributed by atoms with Crippen molar-refractivity contribution in [2.75, 3.05) is 13.7 Å². The van der Waals surface area contributed by atoms with Gasteiger partial charge in [0.2, 0.25) is 0 Å². The quantitative estimate of drug-likeness (QED) is 0.413. The molecular weight excluding hydrogens is 326 g/mol. The molecule has 2 aromatic carbocycles. The highest BCUT2D eigenvalue weighted by Crippen LogP contribution is 2.22. The van der Waals surface area contributed by atoms with E-state index in [4.69, 9.17) is 14.2 Å². The van der Waals surface area contributed by atoms with E-state index in [-0.39, 0.29) is 12.3 Å². The maximum atomic E-state index is 12.2. The molecule has 0 amide bonds. The van der Waals surface area contributed by atoms with Gasteiger partial charge in [-0.25, -0.2) is 4.79 Å². The fourth-order valence-electron chi connectivity index (χ4n) is 2.18. The highest BCUT2D eigenvalue weighted by molar-refractivity contribution is 5.89. The molecule has 25 heavy (non-hydrogen) atoms. The lowest BCUT2D eigenvalue weighted by molar-refractivity contribution is -0.384. The number of nitrogens with zero attached hydrogens (tertiary/aromatic N) is 1. The Morgan fingerprint density at radius 1 is 1.12 bits per heavy atom. The average molecular weight is 345 g/mol. The first-order valence-corrected chi connectivity index (χ1v) is 7.70. The fraction of sp³-hybridized carbons (Fsp3) is 0.278. The average Bonchev–Trinajstić information content (AvgIpc) is 2.64. The summed E-state index contributed by atoms with van der Waals surface area (Å²) in [6, 6.07) is 10.8. The van der Waals surface area contributed by atoms with E-state index in [9.17, 15) is 14.9 Å². The molecule has 2 aromatic rings. The third-order valence-electron chi connectivity index (χ3n) is 3.49. The van der Waals surface area contributed by atoms with Gasteiger partial charge in [0.15, 0.2) is 0 Å². The summed E-state index contributed by atoms with van der Waals surface area (Å²) in [4.78, 5) is 22.3. The Morgan fingerprint density at radius 2 is 1.84 bits per heavy atom. The van der Waals surface area contributed by atoms with Gasteiger partial charge in [-0.1, -0.05) is 0 Å². The van der Waals surface area contributed by atoms with Gasteiger partial charge in [-0.15, -0.1) is 0 Å². The predicted molar refractivity (Wildman–Crippen MR) is 90.5 cm³/mol. The van der Waals surface area contributed by atoms with Crippen LogP contribution in [0.3, 0.4) is 0 Å². The number of ether oxygens (including phenoxy) is 3. The summed E-state index contributed by atoms with van der Waals surface area (Å²) >= 11 is 0. The molecule has 0 fully saturated rings. The zero-order valence-corrected chi connectivity index (χ0v) is 14.1. The molecule has 0 unspecified atom stereocenters. The third-order valence-corrected chi connectivity index (χ3v) is 3.49. The summed E-state index contributed by atoms with van der Waals surface area (Å²) in [5.41, 5.74) is 1.80. The molecule has 0 bridgehead atoms. The number of benzene rings is 2. The van der Waals surface area contributed by atoms with E-state index in [1.54, 1.807) is 37.4 Å². The Labute approximate surface area is 145 Å². The largest absolute Gasteiger partial charge is 0.496 e. The fourth-order valence-corrected chi connectivity index (χ4v) is 2.18. The topological polar surface area (TPSA) is 87.9 Å². The lowest BCUT2D eigenvalue weighted by Crippen LogP contribution is -2.07. The Balaban J connectivity index is 2.03. The van der Waals surface area contributed by atoms with Gasteiger partial charge in [-0.2, -0.15) is 0 Å². The summed E-state index contributed by atoms with van der Waals surface area (Å²) in [7, 11) is 1.55. The Bertz CT molecular complexity index is 742. The van der Waals surface area contributed by atoms with Crippen LogP contribution in [0.1, 0.15) is 28.4 Å². The molecule has 0 saturated heterocycles. The number of non-ortho nitro benzene ring substituents is 1. The number of hydrogen-bond donors (Lipinski definition) is 0. The predicted octanol–water partition coefficient (Wildman–Crippen LogP) is 3.50. The molecule has 0 atom stereocenters. The summed E-state index contributed by atoms with van der Waals surface area (Å²) < 4.78 is 15.9. The summed E-state index contributed by atoms with van der Waals surface area (Å²) in [5, 5.41) is 10.6. The second kappa shape index (κ2) is 8.79. The van der Waals surface area contributed by atoms with E-state index >= 15 is 0 Å². The second-order valence-electron chi connectivity index (χ2n) is 5.16. The van der Waals surface area contributed by atoms with Crippen LogP contribution in [-0.4, -0.2) is 24.6 Å². The number of hydrogen-bond acceptors (Lipinski definition) is 6. The van der Waals surface area contributed by atoms with Crippen LogP contribution in [-0.2, 0) is 22.7 Å². The first kappa shape index (κ1) is 18.4. The van der Waals surface area contributed by atoms with Gasteiger partial charge < -0.3 is 14.2 Å². The zero-order chi connectivity index (χ0) is 18.2. The normalized spacial score (nSPS) is 10.3. The first-order valence-electron chi connectivity index (χ1n) is 7.70. The van der Waals surface area contributed by atoms with Crippen molar-refractivity contribution in [3.63, 3.8) is 0 Å². The maximum Gasteiger partial charge on any atom is 0.338 e. The third kappa shape index (κ3) is 5.02. The van der Waals surface area contributed by atoms with Crippen molar-refractivity contribution in [2.24, 2.45) is 0 Å². The Kier molecular flexibility index (Phi) is 6.47. The number of nitro groups is 1. The molecule has 7 heteroatoms. The summed E-state index contributed by atoms with van der Waals surface area (Å²) in [6.45, 7) is 2.81. The van der Waals surface area contributed by atoms with Crippen molar-refractivity contribution in [3.05, 3.63) is 69.3 Å². The zero-order valence-electron chi connectivity index (χ0n) is 14.1. The standard InChI is InChI=1S/C18H19NO6/c1-3-24-12-15-10-14(6-9-17(15)23-2)18(20)25-11-13-4-7-16(8-5-13)19(21)22/h4-10H,3,11-12H2,1-2H3. The first-order chi connectivity index (χ1) is 12.0. The number of esters is 1. The van der Waals surface area contributed by atoms with Crippen molar-refractivity contribution in [2.45, 2.75) is 20.1 Å². The number of nitro benzene ring substituents is 1. The number of rotatable bonds is 8. The number of carbonyl (C=O) groups is 1. The van der Waals surface area contributed by atoms with E-state index in [2.05, 4.69) is 0 Å². The monoisotopic (exact) mass is 345 g/mol. The van der Waals surface area contributed by atoms with Crippen LogP contribution in [0.5, 0.6) is 5.75 Å². The molecule has 0 radical (unpaired) electrons. The van der Waals surface area contributed by atoms with Crippen molar-refractivity contribution < 1.29 is 23.9 Å². The maximum absolute atomic E-state index is 12.2. The SMILES string of the molecule is CCOCc1cc(C(=O)OCc2ccc([N+](=O)[O-])cc2)ccc1OC. The van der Waals surface area contributed by atoms with Gasteiger partial charge in [0.05, 0.1) is 24.2 Å². The van der Waals surface area contributed by atoms with Gasteiger partial charge in [0.1, 0.15) is 12.4 Å². The molecule has 2 rings (SSSR count). The number of carbonyl (C=O) groups excluding carboxylic acids is 1. The highest BCUT2D eigenvalue weighted by atomic mass is 16.6. The van der Waals surface area contributed by atoms with E-state index in [1.807, 2.05) is 6.92 Å².